The fourth-order valence-corrected chi connectivity index (χ4v) is 3.45. The lowest BCUT2D eigenvalue weighted by Crippen LogP contribution is -1.85. The van der Waals surface area contributed by atoms with Crippen molar-refractivity contribution in [2.45, 2.75) is 0 Å². The Balaban J connectivity index is 2.08. The fraction of sp³-hybridized carbons (Fsp3) is 0. The van der Waals surface area contributed by atoms with Gasteiger partial charge in [-0.05, 0) is 33.9 Å². The summed E-state index contributed by atoms with van der Waals surface area (Å²) in [6.07, 6.45) is 0. The third kappa shape index (κ3) is 1.99. The van der Waals surface area contributed by atoms with Crippen molar-refractivity contribution in [2.75, 3.05) is 0 Å². The van der Waals surface area contributed by atoms with Crippen molar-refractivity contribution in [3.8, 4) is 16.9 Å². The average molecular weight is 349 g/mol. The highest BCUT2D eigenvalue weighted by Gasteiger charge is 2.12. The molecule has 0 heterocycles. The van der Waals surface area contributed by atoms with Crippen LogP contribution in [-0.2, 0) is 0 Å². The molecule has 0 atom stereocenters. The van der Waals surface area contributed by atoms with E-state index in [1.807, 2.05) is 48.5 Å². The highest BCUT2D eigenvalue weighted by atomic mass is 79.9. The molecular weight excluding hydrogens is 336 g/mol. The van der Waals surface area contributed by atoms with Crippen molar-refractivity contribution in [3.05, 3.63) is 77.3 Å². The number of phenolic OH excluding ortho intramolecular Hbond substituents is 1. The number of fused-ring (bicyclic) bond motifs is 2. The van der Waals surface area contributed by atoms with Crippen LogP contribution in [0.2, 0.25) is 0 Å². The molecule has 0 saturated heterocycles. The lowest BCUT2D eigenvalue weighted by atomic mass is 9.95. The molecule has 4 aromatic rings. The molecular formula is C20H13BrO. The van der Waals surface area contributed by atoms with Crippen LogP contribution in [-0.4, -0.2) is 5.11 Å². The summed E-state index contributed by atoms with van der Waals surface area (Å²) in [5.74, 6) is 0.338. The lowest BCUT2D eigenvalue weighted by molar-refractivity contribution is 0.483. The molecule has 0 amide bonds. The van der Waals surface area contributed by atoms with Gasteiger partial charge < -0.3 is 5.11 Å². The van der Waals surface area contributed by atoms with Crippen LogP contribution in [0.5, 0.6) is 5.75 Å². The topological polar surface area (TPSA) is 20.2 Å². The number of hydrogen-bond donors (Lipinski definition) is 1. The quantitative estimate of drug-likeness (QED) is 0.438. The molecule has 1 N–H and O–H groups in total. The average Bonchev–Trinajstić information content (AvgIpc) is 2.57. The van der Waals surface area contributed by atoms with Crippen molar-refractivity contribution in [2.24, 2.45) is 0 Å². The van der Waals surface area contributed by atoms with E-state index in [2.05, 4.69) is 40.2 Å². The van der Waals surface area contributed by atoms with Gasteiger partial charge in [-0.15, -0.1) is 0 Å². The van der Waals surface area contributed by atoms with Gasteiger partial charge in [-0.1, -0.05) is 76.6 Å². The Morgan fingerprint density at radius 2 is 1.23 bits per heavy atom. The molecule has 0 spiro atoms. The van der Waals surface area contributed by atoms with Gasteiger partial charge >= 0.3 is 0 Å². The Morgan fingerprint density at radius 1 is 0.591 bits per heavy atom. The highest BCUT2D eigenvalue weighted by molar-refractivity contribution is 9.10. The predicted molar refractivity (Wildman–Crippen MR) is 96.3 cm³/mol. The Bertz CT molecular complexity index is 1000. The minimum atomic E-state index is 0.338. The Kier molecular flexibility index (Phi) is 3.12. The fourth-order valence-electron chi connectivity index (χ4n) is 2.97. The Hall–Kier alpha value is -2.32. The molecule has 0 aliphatic rings. The molecule has 1 nitrogen and oxygen atoms in total. The summed E-state index contributed by atoms with van der Waals surface area (Å²) < 4.78 is 1.06. The van der Waals surface area contributed by atoms with Crippen LogP contribution < -0.4 is 0 Å². The standard InChI is InChI=1S/C20H13BrO/c21-19-12-11-16(15-7-3-4-8-17(15)19)18-10-9-13-5-1-2-6-14(13)20(18)22/h1-12,22H. The maximum Gasteiger partial charge on any atom is 0.131 e. The summed E-state index contributed by atoms with van der Waals surface area (Å²) in [7, 11) is 0. The molecule has 0 aromatic heterocycles. The molecule has 0 radical (unpaired) electrons. The molecule has 4 aromatic carbocycles. The maximum atomic E-state index is 10.7. The van der Waals surface area contributed by atoms with E-state index >= 15 is 0 Å². The van der Waals surface area contributed by atoms with Gasteiger partial charge in [0, 0.05) is 15.4 Å². The van der Waals surface area contributed by atoms with E-state index in [4.69, 9.17) is 0 Å². The molecule has 106 valence electrons. The highest BCUT2D eigenvalue weighted by Crippen LogP contribution is 2.40. The van der Waals surface area contributed by atoms with E-state index in [0.29, 0.717) is 5.75 Å². The van der Waals surface area contributed by atoms with Crippen LogP contribution in [0.15, 0.2) is 77.3 Å². The predicted octanol–water partition coefficient (Wildman–Crippen LogP) is 6.13. The molecule has 0 aliphatic heterocycles. The van der Waals surface area contributed by atoms with Crippen molar-refractivity contribution < 1.29 is 5.11 Å². The molecule has 22 heavy (non-hydrogen) atoms. The zero-order valence-electron chi connectivity index (χ0n) is 11.8. The normalized spacial score (nSPS) is 11.1. The number of phenols is 1. The molecule has 0 aliphatic carbocycles. The van der Waals surface area contributed by atoms with Crippen molar-refractivity contribution >= 4 is 37.5 Å². The van der Waals surface area contributed by atoms with Crippen LogP contribution in [0.25, 0.3) is 32.7 Å². The summed E-state index contributed by atoms with van der Waals surface area (Å²) in [5, 5.41) is 14.9. The molecule has 2 heteroatoms. The van der Waals surface area contributed by atoms with Gasteiger partial charge in [0.1, 0.15) is 5.75 Å². The van der Waals surface area contributed by atoms with E-state index in [1.165, 1.54) is 0 Å². The van der Waals surface area contributed by atoms with Crippen LogP contribution in [0.1, 0.15) is 0 Å². The SMILES string of the molecule is Oc1c(-c2ccc(Br)c3ccccc23)ccc2ccccc12. The van der Waals surface area contributed by atoms with Gasteiger partial charge in [0.05, 0.1) is 0 Å². The maximum absolute atomic E-state index is 10.7. The largest absolute Gasteiger partial charge is 0.507 e. The Morgan fingerprint density at radius 3 is 2.05 bits per heavy atom. The van der Waals surface area contributed by atoms with E-state index in [-0.39, 0.29) is 0 Å². The van der Waals surface area contributed by atoms with Crippen molar-refractivity contribution in [1.29, 1.82) is 0 Å². The second-order valence-electron chi connectivity index (χ2n) is 5.32. The van der Waals surface area contributed by atoms with Crippen molar-refractivity contribution in [3.63, 3.8) is 0 Å². The first-order valence-electron chi connectivity index (χ1n) is 7.14. The van der Waals surface area contributed by atoms with Gasteiger partial charge in [0.25, 0.3) is 0 Å². The first-order valence-corrected chi connectivity index (χ1v) is 7.93. The third-order valence-electron chi connectivity index (χ3n) is 4.06. The van der Waals surface area contributed by atoms with Gasteiger partial charge in [-0.25, -0.2) is 0 Å². The van der Waals surface area contributed by atoms with Crippen LogP contribution in [0.3, 0.4) is 0 Å². The zero-order valence-corrected chi connectivity index (χ0v) is 13.3. The lowest BCUT2D eigenvalue weighted by Gasteiger charge is -2.12. The molecule has 0 fully saturated rings. The summed E-state index contributed by atoms with van der Waals surface area (Å²) in [6.45, 7) is 0. The van der Waals surface area contributed by atoms with E-state index in [0.717, 1.165) is 37.1 Å². The number of rotatable bonds is 1. The Labute approximate surface area is 137 Å². The monoisotopic (exact) mass is 348 g/mol. The summed E-state index contributed by atoms with van der Waals surface area (Å²) >= 11 is 3.60. The van der Waals surface area contributed by atoms with Crippen LogP contribution in [0, 0.1) is 0 Å². The molecule has 0 saturated carbocycles. The van der Waals surface area contributed by atoms with Crippen LogP contribution >= 0.6 is 15.9 Å². The van der Waals surface area contributed by atoms with E-state index < -0.39 is 0 Å². The third-order valence-corrected chi connectivity index (χ3v) is 4.75. The summed E-state index contributed by atoms with van der Waals surface area (Å²) in [6, 6.07) is 24.3. The second-order valence-corrected chi connectivity index (χ2v) is 6.18. The second kappa shape index (κ2) is 5.15. The van der Waals surface area contributed by atoms with Gasteiger partial charge in [0.15, 0.2) is 0 Å². The summed E-state index contributed by atoms with van der Waals surface area (Å²) in [4.78, 5) is 0. The summed E-state index contributed by atoms with van der Waals surface area (Å²) in [5.41, 5.74) is 1.91. The number of halogens is 1. The van der Waals surface area contributed by atoms with E-state index in [9.17, 15) is 5.11 Å². The smallest absolute Gasteiger partial charge is 0.131 e. The van der Waals surface area contributed by atoms with Gasteiger partial charge in [-0.2, -0.15) is 0 Å². The van der Waals surface area contributed by atoms with Crippen molar-refractivity contribution in [1.82, 2.24) is 0 Å². The minimum absolute atomic E-state index is 0.338. The van der Waals surface area contributed by atoms with Gasteiger partial charge in [-0.3, -0.25) is 0 Å². The first-order chi connectivity index (χ1) is 10.8. The minimum Gasteiger partial charge on any atom is -0.507 e. The molecule has 4 rings (SSSR count). The van der Waals surface area contributed by atoms with Crippen LogP contribution in [0.4, 0.5) is 0 Å². The zero-order chi connectivity index (χ0) is 15.1. The van der Waals surface area contributed by atoms with Gasteiger partial charge in [0.2, 0.25) is 0 Å². The molecule has 0 unspecified atom stereocenters. The number of aromatic hydroxyl groups is 1. The first kappa shape index (κ1) is 13.4. The number of benzene rings is 4. The van der Waals surface area contributed by atoms with E-state index in [1.54, 1.807) is 0 Å². The molecule has 0 bridgehead atoms. The number of hydrogen-bond acceptors (Lipinski definition) is 1.